The Balaban J connectivity index is 1.58. The van der Waals surface area contributed by atoms with Crippen molar-refractivity contribution in [2.75, 3.05) is 19.7 Å². The minimum Gasteiger partial charge on any atom is -0.455 e. The number of hydrogen-bond acceptors (Lipinski definition) is 7. The van der Waals surface area contributed by atoms with Gasteiger partial charge in [0.25, 0.3) is 0 Å². The Hall–Kier alpha value is -3.50. The van der Waals surface area contributed by atoms with Crippen LogP contribution in [0.2, 0.25) is 0 Å². The van der Waals surface area contributed by atoms with E-state index in [4.69, 9.17) is 9.47 Å². The van der Waals surface area contributed by atoms with Crippen molar-refractivity contribution in [2.45, 2.75) is 88.8 Å². The molecule has 2 fully saturated rings. The van der Waals surface area contributed by atoms with E-state index in [1.165, 1.54) is 4.90 Å². The number of carbonyl (C=O) groups excluding carboxylic acids is 4. The molecule has 0 saturated carbocycles. The number of amides is 3. The third-order valence-corrected chi connectivity index (χ3v) is 9.14. The zero-order valence-electron chi connectivity index (χ0n) is 25.2. The summed E-state index contributed by atoms with van der Waals surface area (Å²) >= 11 is 0. The Morgan fingerprint density at radius 2 is 1.86 bits per heavy atom. The van der Waals surface area contributed by atoms with Crippen LogP contribution < -0.4 is 5.32 Å². The number of cyclic esters (lactones) is 1. The summed E-state index contributed by atoms with van der Waals surface area (Å²) in [6.07, 6.45) is 8.95. The van der Waals surface area contributed by atoms with Crippen LogP contribution in [0.5, 0.6) is 0 Å². The normalized spacial score (nSPS) is 34.2. The van der Waals surface area contributed by atoms with E-state index in [1.807, 2.05) is 36.4 Å². The molecule has 4 aliphatic rings. The van der Waals surface area contributed by atoms with Gasteiger partial charge in [0.15, 0.2) is 0 Å². The predicted octanol–water partition coefficient (Wildman–Crippen LogP) is 2.68. The number of nitrogens with zero attached hydrogens (tertiary/aromatic N) is 2. The molecule has 0 aromatic heterocycles. The van der Waals surface area contributed by atoms with Crippen LogP contribution in [0.15, 0.2) is 54.6 Å². The number of ether oxygens (including phenoxy) is 2. The molecule has 4 heterocycles. The topological polar surface area (TPSA) is 125 Å². The molecular formula is C33H43N3O7. The van der Waals surface area contributed by atoms with E-state index in [-0.39, 0.29) is 24.8 Å². The molecule has 10 nitrogen and oxygen atoms in total. The van der Waals surface area contributed by atoms with Gasteiger partial charge in [-0.15, -0.1) is 0 Å². The highest BCUT2D eigenvalue weighted by molar-refractivity contribution is 5.99. The maximum atomic E-state index is 14.3. The van der Waals surface area contributed by atoms with Crippen LogP contribution in [-0.4, -0.2) is 88.1 Å². The van der Waals surface area contributed by atoms with Gasteiger partial charge in [-0.05, 0) is 32.3 Å². The molecule has 5 rings (SSSR count). The van der Waals surface area contributed by atoms with Crippen LogP contribution in [0.25, 0.3) is 0 Å². The molecule has 232 valence electrons. The Morgan fingerprint density at radius 1 is 1.09 bits per heavy atom. The first-order valence-corrected chi connectivity index (χ1v) is 15.5. The summed E-state index contributed by atoms with van der Waals surface area (Å²) in [6, 6.07) is 6.94. The van der Waals surface area contributed by atoms with Crippen molar-refractivity contribution in [1.29, 1.82) is 0 Å². The maximum Gasteiger partial charge on any atom is 0.313 e. The summed E-state index contributed by atoms with van der Waals surface area (Å²) < 4.78 is 12.9. The van der Waals surface area contributed by atoms with Crippen molar-refractivity contribution in [2.24, 2.45) is 11.8 Å². The van der Waals surface area contributed by atoms with E-state index < -0.39 is 59.6 Å². The van der Waals surface area contributed by atoms with Gasteiger partial charge in [0.05, 0.1) is 30.7 Å². The number of aliphatic hydroxyl groups excluding tert-OH is 1. The van der Waals surface area contributed by atoms with E-state index in [9.17, 15) is 24.3 Å². The molecule has 43 heavy (non-hydrogen) atoms. The molecule has 4 aliphatic heterocycles. The third kappa shape index (κ3) is 5.74. The first-order valence-electron chi connectivity index (χ1n) is 15.5. The summed E-state index contributed by atoms with van der Waals surface area (Å²) in [5.41, 5.74) is -0.711. The number of likely N-dealkylation sites (tertiary alicyclic amines) is 1. The Kier molecular flexibility index (Phi) is 9.36. The number of esters is 1. The van der Waals surface area contributed by atoms with Crippen LogP contribution in [0.1, 0.15) is 64.5 Å². The van der Waals surface area contributed by atoms with Crippen LogP contribution in [0.3, 0.4) is 0 Å². The van der Waals surface area contributed by atoms with E-state index in [1.54, 1.807) is 37.0 Å². The van der Waals surface area contributed by atoms with Crippen LogP contribution >= 0.6 is 0 Å². The fourth-order valence-electron chi connectivity index (χ4n) is 7.01. The molecule has 2 saturated heterocycles. The van der Waals surface area contributed by atoms with Crippen molar-refractivity contribution < 1.29 is 33.8 Å². The van der Waals surface area contributed by atoms with E-state index in [0.717, 1.165) is 19.3 Å². The molecule has 0 unspecified atom stereocenters. The standard InChI is InChI=1S/C33H43N3O7/c1-4-5-11-18-35-19-12-17-33-27(30(39)36(21(2)20-37)29(33)31(35)40)26-24(43-33)15-9-10-16-25(38)34-22(3)28(42-32(26)41)23-13-7-6-8-14-23/h6-9,12-15,17,21-22,24,26-29,37H,4-5,10-11,16,18-20H2,1-3H3,(H,34,38)/b15-9-/t21-,22-,24-,26+,27+,28+,29-,33+/m1/s1. The third-order valence-electron chi connectivity index (χ3n) is 9.14. The van der Waals surface area contributed by atoms with Crippen LogP contribution in [0, 0.1) is 11.8 Å². The highest BCUT2D eigenvalue weighted by Crippen LogP contribution is 2.53. The second kappa shape index (κ2) is 13.0. The molecule has 2 N–H and O–H groups in total. The van der Waals surface area contributed by atoms with Crippen molar-refractivity contribution in [3.8, 4) is 0 Å². The zero-order valence-corrected chi connectivity index (χ0v) is 25.2. The molecule has 1 aromatic rings. The van der Waals surface area contributed by atoms with E-state index in [2.05, 4.69) is 12.2 Å². The van der Waals surface area contributed by atoms with Crippen LogP contribution in [-0.2, 0) is 28.7 Å². The second-order valence-corrected chi connectivity index (χ2v) is 12.1. The highest BCUT2D eigenvalue weighted by Gasteiger charge is 2.72. The second-order valence-electron chi connectivity index (χ2n) is 12.1. The number of carbonyl (C=O) groups is 4. The first-order chi connectivity index (χ1) is 20.7. The SMILES string of the molecule is CCCCCN1CC=C[C@]23O[C@@H]4/C=C\CCC(=O)N[C@H](C)[C@@H](c5ccccc5)OC(=O)[C@@H]4[C@H]2C(=O)N([C@H](C)CO)[C@@H]3C1=O. The fraction of sp³-hybridized carbons (Fsp3) is 0.576. The Labute approximate surface area is 253 Å². The lowest BCUT2D eigenvalue weighted by Crippen LogP contribution is -2.57. The smallest absolute Gasteiger partial charge is 0.313 e. The molecular weight excluding hydrogens is 550 g/mol. The van der Waals surface area contributed by atoms with Crippen LogP contribution in [0.4, 0.5) is 0 Å². The Bertz CT molecular complexity index is 1270. The lowest BCUT2D eigenvalue weighted by molar-refractivity contribution is -0.162. The Morgan fingerprint density at radius 3 is 2.58 bits per heavy atom. The van der Waals surface area contributed by atoms with Gasteiger partial charge in [-0.3, -0.25) is 19.2 Å². The predicted molar refractivity (Wildman–Crippen MR) is 158 cm³/mol. The number of allylic oxidation sites excluding steroid dienone is 1. The summed E-state index contributed by atoms with van der Waals surface area (Å²) in [5, 5.41) is 13.1. The number of aliphatic hydroxyl groups is 1. The van der Waals surface area contributed by atoms with Gasteiger partial charge in [-0.1, -0.05) is 74.4 Å². The average Bonchev–Trinajstić information content (AvgIpc) is 3.39. The number of benzene rings is 1. The van der Waals surface area contributed by atoms with Gasteiger partial charge < -0.3 is 29.7 Å². The lowest BCUT2D eigenvalue weighted by Gasteiger charge is -2.37. The number of unbranched alkanes of at least 4 members (excludes halogenated alkanes) is 2. The summed E-state index contributed by atoms with van der Waals surface area (Å²) in [7, 11) is 0. The van der Waals surface area contributed by atoms with E-state index in [0.29, 0.717) is 25.1 Å². The number of hydrogen-bond donors (Lipinski definition) is 2. The van der Waals surface area contributed by atoms with Gasteiger partial charge in [-0.25, -0.2) is 0 Å². The molecule has 1 aromatic carbocycles. The minimum absolute atomic E-state index is 0.168. The summed E-state index contributed by atoms with van der Waals surface area (Å²) in [5.74, 6) is -3.55. The average molecular weight is 594 g/mol. The van der Waals surface area contributed by atoms with Gasteiger partial charge >= 0.3 is 5.97 Å². The molecule has 0 radical (unpaired) electrons. The first kappa shape index (κ1) is 30.9. The molecule has 1 spiro atoms. The van der Waals surface area contributed by atoms with Crippen molar-refractivity contribution in [1.82, 2.24) is 15.1 Å². The number of nitrogens with one attached hydrogen (secondary N) is 1. The van der Waals surface area contributed by atoms with Gasteiger partial charge in [-0.2, -0.15) is 0 Å². The number of fused-ring (bicyclic) bond motifs is 2. The van der Waals surface area contributed by atoms with Crippen molar-refractivity contribution in [3.05, 3.63) is 60.2 Å². The lowest BCUT2D eigenvalue weighted by atomic mass is 9.77. The minimum atomic E-state index is -1.42. The van der Waals surface area contributed by atoms with Gasteiger partial charge in [0, 0.05) is 19.5 Å². The quantitative estimate of drug-likeness (QED) is 0.283. The van der Waals surface area contributed by atoms with Gasteiger partial charge in [0.1, 0.15) is 23.7 Å². The molecule has 10 heteroatoms. The zero-order chi connectivity index (χ0) is 30.7. The van der Waals surface area contributed by atoms with Crippen molar-refractivity contribution >= 4 is 23.7 Å². The molecule has 0 aliphatic carbocycles. The maximum absolute atomic E-state index is 14.3. The molecule has 8 atom stereocenters. The fourth-order valence-corrected chi connectivity index (χ4v) is 7.01. The van der Waals surface area contributed by atoms with Crippen molar-refractivity contribution in [3.63, 3.8) is 0 Å². The highest BCUT2D eigenvalue weighted by atomic mass is 16.6. The largest absolute Gasteiger partial charge is 0.455 e. The molecule has 0 bridgehead atoms. The number of rotatable bonds is 7. The molecule has 3 amide bonds. The monoisotopic (exact) mass is 593 g/mol. The van der Waals surface area contributed by atoms with Gasteiger partial charge in [0.2, 0.25) is 17.7 Å². The summed E-state index contributed by atoms with van der Waals surface area (Å²) in [4.78, 5) is 58.7. The summed E-state index contributed by atoms with van der Waals surface area (Å²) in [6.45, 7) is 6.14. The van der Waals surface area contributed by atoms with E-state index >= 15 is 0 Å².